The van der Waals surface area contributed by atoms with Crippen LogP contribution in [0, 0.1) is 0 Å². The average Bonchev–Trinajstić information content (AvgIpc) is 2.56. The van der Waals surface area contributed by atoms with Crippen LogP contribution in [0.1, 0.15) is 19.3 Å². The van der Waals surface area contributed by atoms with Crippen molar-refractivity contribution in [1.82, 2.24) is 15.5 Å². The van der Waals surface area contributed by atoms with Gasteiger partial charge in [-0.3, -0.25) is 9.59 Å². The van der Waals surface area contributed by atoms with E-state index in [2.05, 4.69) is 10.6 Å². The van der Waals surface area contributed by atoms with E-state index in [1.165, 1.54) is 5.57 Å². The zero-order chi connectivity index (χ0) is 12.8. The van der Waals surface area contributed by atoms with Gasteiger partial charge in [0.05, 0.1) is 0 Å². The van der Waals surface area contributed by atoms with Crippen LogP contribution in [-0.2, 0) is 9.59 Å². The molecule has 0 bridgehead atoms. The zero-order valence-electron chi connectivity index (χ0n) is 10.4. The standard InChI is InChI=1S/C13H19N3O2/c17-10-15-12-5-1-2-7-16(13(12)18)9-11-4-3-6-14-8-11/h3-4,6,10,12,14H,1-2,5,7-9H2,(H,15,17)/t12-/m0/s1. The van der Waals surface area contributed by atoms with Crippen LogP contribution >= 0.6 is 0 Å². The largest absolute Gasteiger partial charge is 0.387 e. The van der Waals surface area contributed by atoms with E-state index in [-0.39, 0.29) is 11.9 Å². The first-order valence-corrected chi connectivity index (χ1v) is 6.37. The van der Waals surface area contributed by atoms with Gasteiger partial charge in [-0.1, -0.05) is 6.08 Å². The summed E-state index contributed by atoms with van der Waals surface area (Å²) in [7, 11) is 0. The smallest absolute Gasteiger partial charge is 0.245 e. The molecule has 1 atom stereocenters. The molecule has 1 saturated heterocycles. The Morgan fingerprint density at radius 1 is 1.50 bits per heavy atom. The Balaban J connectivity index is 2.00. The van der Waals surface area contributed by atoms with Crippen molar-refractivity contribution in [3.05, 3.63) is 23.9 Å². The number of allylic oxidation sites excluding steroid dienone is 2. The summed E-state index contributed by atoms with van der Waals surface area (Å²) in [6.07, 6.45) is 9.22. The first-order chi connectivity index (χ1) is 8.81. The van der Waals surface area contributed by atoms with Crippen molar-refractivity contribution in [3.63, 3.8) is 0 Å². The number of carbonyl (C=O) groups excluding carboxylic acids is 2. The lowest BCUT2D eigenvalue weighted by Crippen LogP contribution is -2.46. The van der Waals surface area contributed by atoms with E-state index >= 15 is 0 Å². The maximum Gasteiger partial charge on any atom is 0.245 e. The summed E-state index contributed by atoms with van der Waals surface area (Å²) < 4.78 is 0. The Kier molecular flexibility index (Phi) is 4.39. The minimum atomic E-state index is -0.349. The van der Waals surface area contributed by atoms with Crippen LogP contribution in [0.15, 0.2) is 23.9 Å². The predicted octanol–water partition coefficient (Wildman–Crippen LogP) is 0.157. The molecule has 5 nitrogen and oxygen atoms in total. The molecule has 0 radical (unpaired) electrons. The van der Waals surface area contributed by atoms with Crippen LogP contribution < -0.4 is 10.6 Å². The molecule has 0 aromatic carbocycles. The summed E-state index contributed by atoms with van der Waals surface area (Å²) in [6, 6.07) is -0.349. The van der Waals surface area contributed by atoms with Crippen molar-refractivity contribution in [1.29, 1.82) is 0 Å². The topological polar surface area (TPSA) is 61.4 Å². The fourth-order valence-corrected chi connectivity index (χ4v) is 2.35. The van der Waals surface area contributed by atoms with E-state index in [0.29, 0.717) is 13.0 Å². The highest BCUT2D eigenvalue weighted by Gasteiger charge is 2.26. The van der Waals surface area contributed by atoms with Gasteiger partial charge in [-0.25, -0.2) is 0 Å². The Hall–Kier alpha value is -1.78. The summed E-state index contributed by atoms with van der Waals surface area (Å²) in [4.78, 5) is 24.6. The second-order valence-electron chi connectivity index (χ2n) is 4.66. The van der Waals surface area contributed by atoms with Gasteiger partial charge in [0.2, 0.25) is 12.3 Å². The molecule has 0 aromatic rings. The molecule has 0 saturated carbocycles. The monoisotopic (exact) mass is 249 g/mol. The van der Waals surface area contributed by atoms with E-state index in [1.807, 2.05) is 23.3 Å². The molecule has 0 aromatic heterocycles. The van der Waals surface area contributed by atoms with Crippen LogP contribution in [0.5, 0.6) is 0 Å². The van der Waals surface area contributed by atoms with E-state index in [9.17, 15) is 9.59 Å². The van der Waals surface area contributed by atoms with Gasteiger partial charge in [0.25, 0.3) is 0 Å². The molecular weight excluding hydrogens is 230 g/mol. The lowest BCUT2D eigenvalue weighted by atomic mass is 10.1. The third kappa shape index (κ3) is 3.12. The number of amides is 2. The number of nitrogens with one attached hydrogen (secondary N) is 2. The van der Waals surface area contributed by atoms with Crippen LogP contribution in [0.2, 0.25) is 0 Å². The van der Waals surface area contributed by atoms with Gasteiger partial charge in [0.15, 0.2) is 0 Å². The van der Waals surface area contributed by atoms with Gasteiger partial charge in [0.1, 0.15) is 6.04 Å². The number of hydrogen-bond acceptors (Lipinski definition) is 3. The van der Waals surface area contributed by atoms with Crippen molar-refractivity contribution in [2.45, 2.75) is 25.3 Å². The maximum absolute atomic E-state index is 12.2. The summed E-state index contributed by atoms with van der Waals surface area (Å²) in [5.74, 6) is 0.0371. The lowest BCUT2D eigenvalue weighted by molar-refractivity contribution is -0.133. The minimum absolute atomic E-state index is 0.0371. The maximum atomic E-state index is 12.2. The fourth-order valence-electron chi connectivity index (χ4n) is 2.35. The average molecular weight is 249 g/mol. The second kappa shape index (κ2) is 6.23. The third-order valence-electron chi connectivity index (χ3n) is 3.32. The Labute approximate surface area is 107 Å². The van der Waals surface area contributed by atoms with Crippen LogP contribution in [0.3, 0.4) is 0 Å². The van der Waals surface area contributed by atoms with Crippen LogP contribution in [0.25, 0.3) is 0 Å². The molecule has 2 N–H and O–H groups in total. The summed E-state index contributed by atoms with van der Waals surface area (Å²) in [5.41, 5.74) is 1.19. The van der Waals surface area contributed by atoms with Gasteiger partial charge in [-0.15, -0.1) is 0 Å². The van der Waals surface area contributed by atoms with Crippen molar-refractivity contribution in [2.24, 2.45) is 0 Å². The van der Waals surface area contributed by atoms with Gasteiger partial charge >= 0.3 is 0 Å². The highest BCUT2D eigenvalue weighted by molar-refractivity contribution is 5.84. The summed E-state index contributed by atoms with van der Waals surface area (Å²) in [5, 5.41) is 5.75. The number of likely N-dealkylation sites (tertiary alicyclic amines) is 1. The van der Waals surface area contributed by atoms with E-state index in [4.69, 9.17) is 0 Å². The van der Waals surface area contributed by atoms with Gasteiger partial charge in [-0.2, -0.15) is 0 Å². The van der Waals surface area contributed by atoms with E-state index in [0.717, 1.165) is 32.4 Å². The SMILES string of the molecule is O=CN[C@H]1CCCCN(CC2=CC=CNC2)C1=O. The molecule has 2 amide bonds. The number of carbonyl (C=O) groups is 2. The minimum Gasteiger partial charge on any atom is -0.387 e. The van der Waals surface area contributed by atoms with Gasteiger partial charge in [-0.05, 0) is 37.1 Å². The first-order valence-electron chi connectivity index (χ1n) is 6.37. The van der Waals surface area contributed by atoms with Crippen molar-refractivity contribution in [3.8, 4) is 0 Å². The molecule has 0 aliphatic carbocycles. The third-order valence-corrected chi connectivity index (χ3v) is 3.32. The Morgan fingerprint density at radius 2 is 2.39 bits per heavy atom. The Bertz CT molecular complexity index is 376. The molecule has 0 spiro atoms. The van der Waals surface area contributed by atoms with Crippen LogP contribution in [-0.4, -0.2) is 42.9 Å². The number of dihydropyridines is 1. The highest BCUT2D eigenvalue weighted by Crippen LogP contribution is 2.14. The molecule has 5 heteroatoms. The van der Waals surface area contributed by atoms with Crippen LogP contribution in [0.4, 0.5) is 0 Å². The fraction of sp³-hybridized carbons (Fsp3) is 0.538. The quantitative estimate of drug-likeness (QED) is 0.698. The molecular formula is C13H19N3O2. The van der Waals surface area contributed by atoms with E-state index in [1.54, 1.807) is 0 Å². The Morgan fingerprint density at radius 3 is 3.11 bits per heavy atom. The van der Waals surface area contributed by atoms with Crippen molar-refractivity contribution in [2.75, 3.05) is 19.6 Å². The molecule has 2 heterocycles. The predicted molar refractivity (Wildman–Crippen MR) is 68.6 cm³/mol. The van der Waals surface area contributed by atoms with E-state index < -0.39 is 0 Å². The zero-order valence-corrected chi connectivity index (χ0v) is 10.4. The molecule has 18 heavy (non-hydrogen) atoms. The summed E-state index contributed by atoms with van der Waals surface area (Å²) in [6.45, 7) is 2.20. The second-order valence-corrected chi connectivity index (χ2v) is 4.66. The number of hydrogen-bond donors (Lipinski definition) is 2. The van der Waals surface area contributed by atoms with Crippen molar-refractivity contribution >= 4 is 12.3 Å². The lowest BCUT2D eigenvalue weighted by Gasteiger charge is -2.25. The molecule has 2 rings (SSSR count). The van der Waals surface area contributed by atoms with Gasteiger partial charge in [0, 0.05) is 19.6 Å². The molecule has 98 valence electrons. The number of nitrogens with zero attached hydrogens (tertiary/aromatic N) is 1. The molecule has 2 aliphatic rings. The first kappa shape index (κ1) is 12.7. The molecule has 0 unspecified atom stereocenters. The number of rotatable bonds is 4. The normalized spacial score (nSPS) is 24.0. The molecule has 1 fully saturated rings. The summed E-state index contributed by atoms with van der Waals surface area (Å²) >= 11 is 0. The molecule has 2 aliphatic heterocycles. The van der Waals surface area contributed by atoms with Gasteiger partial charge < -0.3 is 15.5 Å². The van der Waals surface area contributed by atoms with Crippen molar-refractivity contribution < 1.29 is 9.59 Å². The highest BCUT2D eigenvalue weighted by atomic mass is 16.2.